The van der Waals surface area contributed by atoms with Crippen molar-refractivity contribution in [3.63, 3.8) is 0 Å². The highest BCUT2D eigenvalue weighted by molar-refractivity contribution is 7.09. The van der Waals surface area contributed by atoms with Crippen molar-refractivity contribution >= 4 is 42.1 Å². The summed E-state index contributed by atoms with van der Waals surface area (Å²) in [7, 11) is 0. The van der Waals surface area contributed by atoms with Crippen LogP contribution in [0.5, 0.6) is 5.75 Å². The normalized spacial score (nSPS) is 14.5. The zero-order valence-corrected chi connectivity index (χ0v) is 16.1. The van der Waals surface area contributed by atoms with Crippen molar-refractivity contribution in [1.29, 1.82) is 0 Å². The second-order valence-electron chi connectivity index (χ2n) is 5.57. The minimum atomic E-state index is -0.0158. The second-order valence-corrected chi connectivity index (χ2v) is 6.51. The second kappa shape index (κ2) is 9.94. The summed E-state index contributed by atoms with van der Waals surface area (Å²) >= 11 is 1.43. The van der Waals surface area contributed by atoms with Crippen molar-refractivity contribution in [2.24, 2.45) is 5.73 Å². The Kier molecular flexibility index (Phi) is 8.61. The first kappa shape index (κ1) is 21.7. The molecule has 1 amide bonds. The van der Waals surface area contributed by atoms with E-state index in [1.807, 2.05) is 17.0 Å². The molecule has 0 saturated carbocycles. The quantitative estimate of drug-likeness (QED) is 0.814. The van der Waals surface area contributed by atoms with Gasteiger partial charge in [0.15, 0.2) is 0 Å². The number of thiazole rings is 1. The Balaban J connectivity index is 0.00000156. The van der Waals surface area contributed by atoms with Crippen LogP contribution < -0.4 is 5.73 Å². The summed E-state index contributed by atoms with van der Waals surface area (Å²) in [5.41, 5.74) is 7.12. The predicted octanol–water partition coefficient (Wildman–Crippen LogP) is 2.11. The Morgan fingerprint density at radius 2 is 1.96 bits per heavy atom. The van der Waals surface area contributed by atoms with Gasteiger partial charge < -0.3 is 15.7 Å². The Labute approximate surface area is 163 Å². The average Bonchev–Trinajstić information content (AvgIpc) is 3.04. The fourth-order valence-corrected chi connectivity index (χ4v) is 3.34. The molecule has 1 aromatic carbocycles. The molecule has 0 unspecified atom stereocenters. The first-order chi connectivity index (χ1) is 11.2. The van der Waals surface area contributed by atoms with E-state index in [1.165, 1.54) is 11.3 Å². The molecule has 1 aliphatic heterocycles. The number of aromatic nitrogens is 1. The lowest BCUT2D eigenvalue weighted by molar-refractivity contribution is 0.0623. The van der Waals surface area contributed by atoms with Crippen LogP contribution in [0.1, 0.15) is 21.1 Å². The lowest BCUT2D eigenvalue weighted by atomic mass is 10.2. The number of hydrogen-bond acceptors (Lipinski definition) is 6. The molecule has 0 atom stereocenters. The molecule has 0 bridgehead atoms. The maximum atomic E-state index is 12.4. The van der Waals surface area contributed by atoms with Gasteiger partial charge in [-0.3, -0.25) is 9.69 Å². The van der Waals surface area contributed by atoms with Crippen LogP contribution in [0.25, 0.3) is 0 Å². The van der Waals surface area contributed by atoms with Crippen LogP contribution in [0.3, 0.4) is 0 Å². The molecule has 0 radical (unpaired) electrons. The van der Waals surface area contributed by atoms with Crippen molar-refractivity contribution < 1.29 is 9.90 Å². The molecule has 1 fully saturated rings. The van der Waals surface area contributed by atoms with Gasteiger partial charge >= 0.3 is 0 Å². The van der Waals surface area contributed by atoms with E-state index in [2.05, 4.69) is 9.88 Å². The average molecular weight is 405 g/mol. The summed E-state index contributed by atoms with van der Waals surface area (Å²) in [4.78, 5) is 20.8. The van der Waals surface area contributed by atoms with Crippen LogP contribution in [-0.2, 0) is 13.1 Å². The van der Waals surface area contributed by atoms with Gasteiger partial charge in [0.2, 0.25) is 0 Å². The highest BCUT2D eigenvalue weighted by Gasteiger charge is 2.23. The number of amides is 1. The fraction of sp³-hybridized carbons (Fsp3) is 0.375. The molecule has 9 heteroatoms. The van der Waals surface area contributed by atoms with Gasteiger partial charge in [0.1, 0.15) is 16.5 Å². The van der Waals surface area contributed by atoms with E-state index >= 15 is 0 Å². The minimum Gasteiger partial charge on any atom is -0.508 e. The Hall–Kier alpha value is -1.38. The molecule has 1 saturated heterocycles. The van der Waals surface area contributed by atoms with Crippen LogP contribution in [0, 0.1) is 0 Å². The van der Waals surface area contributed by atoms with E-state index < -0.39 is 0 Å². The standard InChI is InChI=1S/C16H20N4O2S.2ClH/c17-9-15-18-14(11-23-15)16(22)20-6-4-19(5-7-20)10-12-2-1-3-13(21)8-12;;/h1-3,8,11,21H,4-7,9-10,17H2;2*1H. The van der Waals surface area contributed by atoms with Crippen molar-refractivity contribution in [1.82, 2.24) is 14.8 Å². The summed E-state index contributed by atoms with van der Waals surface area (Å²) in [5.74, 6) is 0.272. The maximum Gasteiger partial charge on any atom is 0.273 e. The van der Waals surface area contributed by atoms with Crippen LogP contribution in [-0.4, -0.2) is 52.0 Å². The Morgan fingerprint density at radius 1 is 1.24 bits per heavy atom. The number of piperazine rings is 1. The number of aromatic hydroxyl groups is 1. The molecule has 2 heterocycles. The number of halogens is 2. The van der Waals surface area contributed by atoms with E-state index in [4.69, 9.17) is 5.73 Å². The largest absolute Gasteiger partial charge is 0.508 e. The maximum absolute atomic E-state index is 12.4. The molecule has 1 aliphatic rings. The van der Waals surface area contributed by atoms with Crippen LogP contribution in [0.2, 0.25) is 0 Å². The van der Waals surface area contributed by atoms with Gasteiger partial charge in [0.25, 0.3) is 5.91 Å². The van der Waals surface area contributed by atoms with Gasteiger partial charge in [0.05, 0.1) is 0 Å². The topological polar surface area (TPSA) is 82.7 Å². The van der Waals surface area contributed by atoms with E-state index in [-0.39, 0.29) is 36.5 Å². The molecule has 6 nitrogen and oxygen atoms in total. The molecule has 0 spiro atoms. The van der Waals surface area contributed by atoms with Gasteiger partial charge in [-0.2, -0.15) is 0 Å². The number of rotatable bonds is 4. The van der Waals surface area contributed by atoms with E-state index in [9.17, 15) is 9.90 Å². The third kappa shape index (κ3) is 5.55. The van der Waals surface area contributed by atoms with Gasteiger partial charge in [-0.15, -0.1) is 36.2 Å². The minimum absolute atomic E-state index is 0. The molecule has 3 rings (SSSR count). The van der Waals surface area contributed by atoms with Crippen molar-refractivity contribution in [3.05, 3.63) is 45.9 Å². The number of phenols is 1. The molecule has 0 aliphatic carbocycles. The lowest BCUT2D eigenvalue weighted by Gasteiger charge is -2.34. The third-order valence-electron chi connectivity index (χ3n) is 3.92. The van der Waals surface area contributed by atoms with Crippen molar-refractivity contribution in [2.45, 2.75) is 13.1 Å². The van der Waals surface area contributed by atoms with Gasteiger partial charge in [-0.05, 0) is 17.7 Å². The van der Waals surface area contributed by atoms with Crippen LogP contribution in [0.15, 0.2) is 29.6 Å². The van der Waals surface area contributed by atoms with Crippen molar-refractivity contribution in [2.75, 3.05) is 26.2 Å². The van der Waals surface area contributed by atoms with Crippen LogP contribution in [0.4, 0.5) is 0 Å². The molecular weight excluding hydrogens is 383 g/mol. The number of hydrogen-bond donors (Lipinski definition) is 2. The lowest BCUT2D eigenvalue weighted by Crippen LogP contribution is -2.48. The zero-order valence-electron chi connectivity index (χ0n) is 13.6. The number of nitrogens with zero attached hydrogens (tertiary/aromatic N) is 3. The molecular formula is C16H22Cl2N4O2S. The van der Waals surface area contributed by atoms with Crippen molar-refractivity contribution in [3.8, 4) is 5.75 Å². The SMILES string of the molecule is Cl.Cl.NCc1nc(C(=O)N2CCN(Cc3cccc(O)c3)CC2)cs1. The summed E-state index contributed by atoms with van der Waals surface area (Å²) in [6, 6.07) is 7.30. The van der Waals surface area contributed by atoms with E-state index in [0.29, 0.717) is 25.3 Å². The Bertz CT molecular complexity index is 690. The summed E-state index contributed by atoms with van der Waals surface area (Å²) in [5, 5.41) is 12.1. The molecule has 2 aromatic rings. The molecule has 3 N–H and O–H groups in total. The predicted molar refractivity (Wildman–Crippen MR) is 104 cm³/mol. The number of phenolic OH excluding ortho intramolecular Hbond substituents is 1. The third-order valence-corrected chi connectivity index (χ3v) is 4.79. The van der Waals surface area contributed by atoms with E-state index in [1.54, 1.807) is 17.5 Å². The van der Waals surface area contributed by atoms with Crippen LogP contribution >= 0.6 is 36.2 Å². The summed E-state index contributed by atoms with van der Waals surface area (Å²) < 4.78 is 0. The number of carbonyl (C=O) groups is 1. The smallest absolute Gasteiger partial charge is 0.273 e. The first-order valence-corrected chi connectivity index (χ1v) is 8.47. The summed E-state index contributed by atoms with van der Waals surface area (Å²) in [6.45, 7) is 4.16. The highest BCUT2D eigenvalue weighted by atomic mass is 35.5. The Morgan fingerprint density at radius 3 is 2.56 bits per heavy atom. The zero-order chi connectivity index (χ0) is 16.2. The van der Waals surface area contributed by atoms with Gasteiger partial charge in [-0.25, -0.2) is 4.98 Å². The molecule has 138 valence electrons. The fourth-order valence-electron chi connectivity index (χ4n) is 2.69. The highest BCUT2D eigenvalue weighted by Crippen LogP contribution is 2.16. The molecule has 25 heavy (non-hydrogen) atoms. The number of benzene rings is 1. The number of carbonyl (C=O) groups excluding carboxylic acids is 1. The van der Waals surface area contributed by atoms with Gasteiger partial charge in [0, 0.05) is 44.6 Å². The van der Waals surface area contributed by atoms with E-state index in [0.717, 1.165) is 30.2 Å². The van der Waals surface area contributed by atoms with Gasteiger partial charge in [-0.1, -0.05) is 12.1 Å². The monoisotopic (exact) mass is 404 g/mol. The molecule has 1 aromatic heterocycles. The number of nitrogens with two attached hydrogens (primary N) is 1. The first-order valence-electron chi connectivity index (χ1n) is 7.59. The summed E-state index contributed by atoms with van der Waals surface area (Å²) in [6.07, 6.45) is 0.